The summed E-state index contributed by atoms with van der Waals surface area (Å²) < 4.78 is 1.31. The van der Waals surface area contributed by atoms with Crippen molar-refractivity contribution >= 4 is 29.4 Å². The summed E-state index contributed by atoms with van der Waals surface area (Å²) in [6.45, 7) is 1.72. The lowest BCUT2D eigenvalue weighted by Gasteiger charge is -2.04. The fourth-order valence-corrected chi connectivity index (χ4v) is 1.52. The Hall–Kier alpha value is -2.22. The van der Waals surface area contributed by atoms with E-state index in [4.69, 9.17) is 17.3 Å². The fourth-order valence-electron chi connectivity index (χ4n) is 1.28. The van der Waals surface area contributed by atoms with Gasteiger partial charge < -0.3 is 5.73 Å². The molecule has 0 spiro atoms. The molecule has 0 fully saturated rings. The van der Waals surface area contributed by atoms with E-state index in [-0.39, 0.29) is 29.5 Å². The number of halogens is 1. The highest BCUT2D eigenvalue weighted by Gasteiger charge is 2.08. The first-order chi connectivity index (χ1) is 8.52. The molecule has 2 aromatic heterocycles. The summed E-state index contributed by atoms with van der Waals surface area (Å²) >= 11 is 5.75. The van der Waals surface area contributed by atoms with Gasteiger partial charge in [0.2, 0.25) is 17.8 Å². The number of anilines is 2. The van der Waals surface area contributed by atoms with E-state index in [1.54, 1.807) is 13.0 Å². The number of nitrogens with zero attached hydrogens (tertiary/aromatic N) is 5. The molecular formula is C9H10ClN7O. The standard InChI is InChI=1S/C9H10ClN7O/c1-5-2-6(10)14-9(13-5)15-7(18)3-17-4-12-8(11)16-17/h2,4H,3H2,1H3,(H2,11,16)(H,13,14,15,18). The van der Waals surface area contributed by atoms with Gasteiger partial charge in [-0.15, -0.1) is 5.10 Å². The van der Waals surface area contributed by atoms with Gasteiger partial charge in [0.1, 0.15) is 18.0 Å². The number of aryl methyl sites for hydroxylation is 1. The number of nitrogens with one attached hydrogen (secondary N) is 1. The zero-order chi connectivity index (χ0) is 13.1. The van der Waals surface area contributed by atoms with Crippen molar-refractivity contribution in [2.45, 2.75) is 13.5 Å². The molecule has 0 unspecified atom stereocenters. The number of carbonyl (C=O) groups is 1. The lowest BCUT2D eigenvalue weighted by atomic mass is 10.4. The minimum atomic E-state index is -0.346. The number of aromatic nitrogens is 5. The molecule has 2 aromatic rings. The largest absolute Gasteiger partial charge is 0.367 e. The maximum atomic E-state index is 11.7. The van der Waals surface area contributed by atoms with Crippen LogP contribution in [0.25, 0.3) is 0 Å². The van der Waals surface area contributed by atoms with Gasteiger partial charge in [-0.3, -0.25) is 10.1 Å². The Morgan fingerprint density at radius 3 is 2.94 bits per heavy atom. The Kier molecular flexibility index (Phi) is 3.38. The molecule has 0 bridgehead atoms. The van der Waals surface area contributed by atoms with Gasteiger partial charge in [0, 0.05) is 5.69 Å². The molecule has 0 radical (unpaired) electrons. The van der Waals surface area contributed by atoms with Crippen LogP contribution < -0.4 is 11.1 Å². The summed E-state index contributed by atoms with van der Waals surface area (Å²) in [7, 11) is 0. The molecule has 0 atom stereocenters. The van der Waals surface area contributed by atoms with Crippen LogP contribution in [-0.4, -0.2) is 30.6 Å². The van der Waals surface area contributed by atoms with Gasteiger partial charge in [-0.05, 0) is 13.0 Å². The quantitative estimate of drug-likeness (QED) is 0.771. The monoisotopic (exact) mass is 267 g/mol. The molecule has 0 aliphatic heterocycles. The van der Waals surface area contributed by atoms with Crippen molar-refractivity contribution in [2.24, 2.45) is 0 Å². The van der Waals surface area contributed by atoms with Crippen LogP contribution in [0.2, 0.25) is 5.15 Å². The Labute approximate surface area is 107 Å². The van der Waals surface area contributed by atoms with Crippen LogP contribution in [-0.2, 0) is 11.3 Å². The Bertz CT molecular complexity index is 562. The highest BCUT2D eigenvalue weighted by molar-refractivity contribution is 6.29. The van der Waals surface area contributed by atoms with Crippen molar-refractivity contribution in [1.82, 2.24) is 24.7 Å². The maximum Gasteiger partial charge on any atom is 0.248 e. The third-order valence-electron chi connectivity index (χ3n) is 1.93. The first-order valence-corrected chi connectivity index (χ1v) is 5.36. The first kappa shape index (κ1) is 12.2. The average molecular weight is 268 g/mol. The normalized spacial score (nSPS) is 10.3. The second kappa shape index (κ2) is 4.96. The maximum absolute atomic E-state index is 11.7. The van der Waals surface area contributed by atoms with Crippen LogP contribution in [0.15, 0.2) is 12.4 Å². The first-order valence-electron chi connectivity index (χ1n) is 4.99. The minimum absolute atomic E-state index is 0.0286. The second-order valence-corrected chi connectivity index (χ2v) is 3.89. The number of nitrogen functional groups attached to an aromatic ring is 1. The smallest absolute Gasteiger partial charge is 0.248 e. The summed E-state index contributed by atoms with van der Waals surface area (Å²) in [6.07, 6.45) is 1.36. The van der Waals surface area contributed by atoms with Crippen LogP contribution in [0, 0.1) is 6.92 Å². The predicted octanol–water partition coefficient (Wildman–Crippen LogP) is 0.251. The van der Waals surface area contributed by atoms with Crippen molar-refractivity contribution < 1.29 is 4.79 Å². The van der Waals surface area contributed by atoms with E-state index in [1.807, 2.05) is 0 Å². The summed E-state index contributed by atoms with van der Waals surface area (Å²) in [5, 5.41) is 6.56. The van der Waals surface area contributed by atoms with Gasteiger partial charge in [-0.25, -0.2) is 19.6 Å². The molecular weight excluding hydrogens is 258 g/mol. The Morgan fingerprint density at radius 2 is 2.33 bits per heavy atom. The van der Waals surface area contributed by atoms with E-state index in [2.05, 4.69) is 25.4 Å². The highest BCUT2D eigenvalue weighted by Crippen LogP contribution is 2.09. The molecule has 2 rings (SSSR count). The molecule has 94 valence electrons. The zero-order valence-corrected chi connectivity index (χ0v) is 10.2. The number of nitrogens with two attached hydrogens (primary N) is 1. The van der Waals surface area contributed by atoms with Crippen LogP contribution in [0.1, 0.15) is 5.69 Å². The van der Waals surface area contributed by atoms with Crippen molar-refractivity contribution in [3.05, 3.63) is 23.2 Å². The number of rotatable bonds is 3. The lowest BCUT2D eigenvalue weighted by molar-refractivity contribution is -0.116. The van der Waals surface area contributed by atoms with Gasteiger partial charge in [0.05, 0.1) is 0 Å². The molecule has 0 aliphatic rings. The SMILES string of the molecule is Cc1cc(Cl)nc(NC(=O)Cn2cnc(N)n2)n1. The van der Waals surface area contributed by atoms with E-state index in [1.165, 1.54) is 11.0 Å². The van der Waals surface area contributed by atoms with Crippen molar-refractivity contribution in [3.63, 3.8) is 0 Å². The van der Waals surface area contributed by atoms with Crippen molar-refractivity contribution in [3.8, 4) is 0 Å². The van der Waals surface area contributed by atoms with Gasteiger partial charge in [-0.2, -0.15) is 0 Å². The third-order valence-corrected chi connectivity index (χ3v) is 2.13. The molecule has 18 heavy (non-hydrogen) atoms. The number of hydrogen-bond acceptors (Lipinski definition) is 6. The van der Waals surface area contributed by atoms with Gasteiger partial charge in [0.25, 0.3) is 0 Å². The van der Waals surface area contributed by atoms with Crippen LogP contribution in [0.3, 0.4) is 0 Å². The highest BCUT2D eigenvalue weighted by atomic mass is 35.5. The Balaban J connectivity index is 2.02. The number of carbonyl (C=O) groups excluding carboxylic acids is 1. The third kappa shape index (κ3) is 3.14. The van der Waals surface area contributed by atoms with Crippen molar-refractivity contribution in [1.29, 1.82) is 0 Å². The zero-order valence-electron chi connectivity index (χ0n) is 9.46. The molecule has 8 nitrogen and oxygen atoms in total. The van der Waals surface area contributed by atoms with E-state index < -0.39 is 0 Å². The topological polar surface area (TPSA) is 112 Å². The molecule has 0 saturated carbocycles. The Morgan fingerprint density at radius 1 is 1.56 bits per heavy atom. The lowest BCUT2D eigenvalue weighted by Crippen LogP contribution is -2.20. The molecule has 0 saturated heterocycles. The summed E-state index contributed by atoms with van der Waals surface area (Å²) in [5.74, 6) is -0.0858. The molecule has 0 aromatic carbocycles. The van der Waals surface area contributed by atoms with E-state index in [9.17, 15) is 4.79 Å². The number of hydrogen-bond donors (Lipinski definition) is 2. The minimum Gasteiger partial charge on any atom is -0.367 e. The summed E-state index contributed by atoms with van der Waals surface area (Å²) in [6, 6.07) is 1.59. The van der Waals surface area contributed by atoms with Crippen molar-refractivity contribution in [2.75, 3.05) is 11.1 Å². The van der Waals surface area contributed by atoms with Gasteiger partial charge in [0.15, 0.2) is 0 Å². The molecule has 1 amide bonds. The average Bonchev–Trinajstić information content (AvgIpc) is 2.61. The van der Waals surface area contributed by atoms with Crippen LogP contribution >= 0.6 is 11.6 Å². The van der Waals surface area contributed by atoms with Gasteiger partial charge >= 0.3 is 0 Å². The molecule has 9 heteroatoms. The van der Waals surface area contributed by atoms with Gasteiger partial charge in [-0.1, -0.05) is 11.6 Å². The summed E-state index contributed by atoms with van der Waals surface area (Å²) in [5.41, 5.74) is 5.99. The number of amides is 1. The van der Waals surface area contributed by atoms with Crippen LogP contribution in [0.5, 0.6) is 0 Å². The summed E-state index contributed by atoms with van der Waals surface area (Å²) in [4.78, 5) is 23.2. The van der Waals surface area contributed by atoms with E-state index in [0.717, 1.165) is 0 Å². The van der Waals surface area contributed by atoms with E-state index in [0.29, 0.717) is 5.69 Å². The predicted molar refractivity (Wildman–Crippen MR) is 64.8 cm³/mol. The molecule has 2 heterocycles. The van der Waals surface area contributed by atoms with E-state index >= 15 is 0 Å². The second-order valence-electron chi connectivity index (χ2n) is 3.50. The van der Waals surface area contributed by atoms with Crippen LogP contribution in [0.4, 0.5) is 11.9 Å². The molecule has 3 N–H and O–H groups in total. The fraction of sp³-hybridized carbons (Fsp3) is 0.222. The molecule has 0 aliphatic carbocycles.